The van der Waals surface area contributed by atoms with Crippen molar-refractivity contribution in [3.8, 4) is 11.5 Å². The van der Waals surface area contributed by atoms with Crippen LogP contribution < -0.4 is 9.47 Å². The van der Waals surface area contributed by atoms with Gasteiger partial charge in [-0.3, -0.25) is 9.59 Å². The third-order valence-electron chi connectivity index (χ3n) is 7.35. The van der Waals surface area contributed by atoms with Crippen LogP contribution >= 0.6 is 11.6 Å². The van der Waals surface area contributed by atoms with Crippen molar-refractivity contribution in [2.45, 2.75) is 32.2 Å². The Labute approximate surface area is 237 Å². The van der Waals surface area contributed by atoms with Crippen LogP contribution in [0, 0.1) is 0 Å². The number of fused-ring (bicyclic) bond motifs is 2. The Hall–Kier alpha value is -4.11. The summed E-state index contributed by atoms with van der Waals surface area (Å²) in [4.78, 5) is 28.0. The van der Waals surface area contributed by atoms with Gasteiger partial charge in [0.15, 0.2) is 0 Å². The molecule has 1 aliphatic rings. The fourth-order valence-electron chi connectivity index (χ4n) is 5.45. The number of aryl methyl sites for hydroxylation is 1. The summed E-state index contributed by atoms with van der Waals surface area (Å²) in [6.07, 6.45) is 0.803. The lowest BCUT2D eigenvalue weighted by Crippen LogP contribution is -2.36. The van der Waals surface area contributed by atoms with Gasteiger partial charge in [0, 0.05) is 31.6 Å². The highest BCUT2D eigenvalue weighted by Crippen LogP contribution is 2.38. The Morgan fingerprint density at radius 2 is 1.88 bits per heavy atom. The molecule has 1 atom stereocenters. The minimum Gasteiger partial charge on any atom is -0.495 e. The number of amides is 1. The Bertz CT molecular complexity index is 1580. The minimum atomic E-state index is -0.294. The second kappa shape index (κ2) is 11.6. The first-order valence-corrected chi connectivity index (χ1v) is 13.5. The van der Waals surface area contributed by atoms with Crippen LogP contribution in [0.5, 0.6) is 11.5 Å². The maximum atomic E-state index is 13.4. The lowest BCUT2D eigenvalue weighted by Gasteiger charge is -2.32. The molecule has 3 aromatic carbocycles. The van der Waals surface area contributed by atoms with Crippen molar-refractivity contribution < 1.29 is 23.8 Å². The Kier molecular flexibility index (Phi) is 7.93. The van der Waals surface area contributed by atoms with Gasteiger partial charge in [-0.15, -0.1) is 5.10 Å². The normalized spacial score (nSPS) is 13.6. The Balaban J connectivity index is 1.51. The number of aromatic nitrogens is 3. The summed E-state index contributed by atoms with van der Waals surface area (Å²) in [6.45, 7) is 3.08. The number of hydrogen-bond acceptors (Lipinski definition) is 7. The molecular formula is C30H31ClN4O5. The second-order valence-corrected chi connectivity index (χ2v) is 10.1. The predicted octanol–water partition coefficient (Wildman–Crippen LogP) is 4.92. The lowest BCUT2D eigenvalue weighted by atomic mass is 9.82. The molecule has 0 N–H and O–H groups in total. The maximum Gasteiger partial charge on any atom is 0.306 e. The zero-order chi connectivity index (χ0) is 28.4. The van der Waals surface area contributed by atoms with E-state index in [1.54, 1.807) is 44.0 Å². The second-order valence-electron chi connectivity index (χ2n) is 9.68. The fourth-order valence-corrected chi connectivity index (χ4v) is 5.70. The number of ether oxygens (including phenoxy) is 3. The van der Waals surface area contributed by atoms with Gasteiger partial charge in [-0.05, 0) is 65.9 Å². The molecule has 1 aliphatic heterocycles. The molecule has 0 saturated carbocycles. The SMILES string of the molecule is CCOC(=O)CC(c1cc(OC)c2c(c1)nnn2C)c1cccc2c1CCN(C(=O)c1ccc(OC)c(Cl)c1)C2. The summed E-state index contributed by atoms with van der Waals surface area (Å²) in [5.41, 5.74) is 6.06. The molecule has 1 unspecified atom stereocenters. The van der Waals surface area contributed by atoms with E-state index in [9.17, 15) is 9.59 Å². The van der Waals surface area contributed by atoms with Crippen LogP contribution in [0.4, 0.5) is 0 Å². The monoisotopic (exact) mass is 562 g/mol. The number of methoxy groups -OCH3 is 2. The topological polar surface area (TPSA) is 95.8 Å². The average Bonchev–Trinajstić information content (AvgIpc) is 3.35. The third-order valence-corrected chi connectivity index (χ3v) is 7.64. The minimum absolute atomic E-state index is 0.0958. The molecule has 0 aliphatic carbocycles. The molecule has 0 spiro atoms. The van der Waals surface area contributed by atoms with Crippen molar-refractivity contribution >= 4 is 34.5 Å². The van der Waals surface area contributed by atoms with E-state index in [2.05, 4.69) is 16.4 Å². The molecule has 5 rings (SSSR count). The van der Waals surface area contributed by atoms with Gasteiger partial charge in [0.05, 0.1) is 32.3 Å². The highest BCUT2D eigenvalue weighted by molar-refractivity contribution is 6.32. The van der Waals surface area contributed by atoms with Gasteiger partial charge in [-0.25, -0.2) is 4.68 Å². The number of hydrogen-bond donors (Lipinski definition) is 0. The van der Waals surface area contributed by atoms with Gasteiger partial charge >= 0.3 is 5.97 Å². The van der Waals surface area contributed by atoms with E-state index in [0.717, 1.165) is 27.8 Å². The largest absolute Gasteiger partial charge is 0.495 e. The molecule has 10 heteroatoms. The first-order chi connectivity index (χ1) is 19.3. The van der Waals surface area contributed by atoms with Crippen LogP contribution in [0.15, 0.2) is 48.5 Å². The van der Waals surface area contributed by atoms with Crippen LogP contribution in [0.3, 0.4) is 0 Å². The number of nitrogens with zero attached hydrogens (tertiary/aromatic N) is 4. The van der Waals surface area contributed by atoms with Gasteiger partial charge in [0.1, 0.15) is 22.5 Å². The van der Waals surface area contributed by atoms with E-state index in [0.29, 0.717) is 53.7 Å². The molecule has 0 bridgehead atoms. The lowest BCUT2D eigenvalue weighted by molar-refractivity contribution is -0.143. The average molecular weight is 563 g/mol. The summed E-state index contributed by atoms with van der Waals surface area (Å²) in [7, 11) is 4.96. The van der Waals surface area contributed by atoms with Gasteiger partial charge in [-0.2, -0.15) is 0 Å². The zero-order valence-corrected chi connectivity index (χ0v) is 23.7. The van der Waals surface area contributed by atoms with Crippen molar-refractivity contribution in [1.29, 1.82) is 0 Å². The van der Waals surface area contributed by atoms with Crippen LogP contribution in [0.25, 0.3) is 11.0 Å². The van der Waals surface area contributed by atoms with E-state index in [-0.39, 0.29) is 24.2 Å². The number of esters is 1. The van der Waals surface area contributed by atoms with E-state index in [4.69, 9.17) is 25.8 Å². The number of benzene rings is 3. The predicted molar refractivity (Wildman–Crippen MR) is 151 cm³/mol. The van der Waals surface area contributed by atoms with Crippen molar-refractivity contribution in [2.24, 2.45) is 7.05 Å². The van der Waals surface area contributed by atoms with Crippen LogP contribution in [0.2, 0.25) is 5.02 Å². The van der Waals surface area contributed by atoms with E-state index in [1.165, 1.54) is 0 Å². The molecule has 208 valence electrons. The molecule has 40 heavy (non-hydrogen) atoms. The summed E-state index contributed by atoms with van der Waals surface area (Å²) in [5, 5.41) is 8.84. The molecule has 9 nitrogen and oxygen atoms in total. The summed E-state index contributed by atoms with van der Waals surface area (Å²) in [6, 6.07) is 15.0. The van der Waals surface area contributed by atoms with Crippen molar-refractivity contribution in [2.75, 3.05) is 27.4 Å². The van der Waals surface area contributed by atoms with E-state index >= 15 is 0 Å². The molecule has 0 radical (unpaired) electrons. The van der Waals surface area contributed by atoms with Crippen LogP contribution in [0.1, 0.15) is 51.9 Å². The van der Waals surface area contributed by atoms with Crippen LogP contribution in [-0.2, 0) is 29.5 Å². The summed E-state index contributed by atoms with van der Waals surface area (Å²) in [5.74, 6) is 0.482. The summed E-state index contributed by atoms with van der Waals surface area (Å²) < 4.78 is 17.9. The van der Waals surface area contributed by atoms with Gasteiger partial charge in [-0.1, -0.05) is 35.0 Å². The first kappa shape index (κ1) is 27.5. The number of carbonyl (C=O) groups is 2. The zero-order valence-electron chi connectivity index (χ0n) is 22.9. The molecule has 1 aromatic heterocycles. The molecular weight excluding hydrogens is 532 g/mol. The molecule has 0 fully saturated rings. The van der Waals surface area contributed by atoms with Crippen molar-refractivity contribution in [3.63, 3.8) is 0 Å². The maximum absolute atomic E-state index is 13.4. The number of carbonyl (C=O) groups excluding carboxylic acids is 2. The molecule has 2 heterocycles. The molecule has 0 saturated heterocycles. The van der Waals surface area contributed by atoms with Gasteiger partial charge < -0.3 is 19.1 Å². The van der Waals surface area contributed by atoms with Crippen molar-refractivity contribution in [1.82, 2.24) is 19.9 Å². The quantitative estimate of drug-likeness (QED) is 0.281. The smallest absolute Gasteiger partial charge is 0.306 e. The number of halogens is 1. The van der Waals surface area contributed by atoms with Crippen molar-refractivity contribution in [3.05, 3.63) is 81.4 Å². The first-order valence-electron chi connectivity index (χ1n) is 13.1. The standard InChI is InChI=1S/C30H31ClN4O5/c1-5-40-28(36)16-23(20-14-25-29(27(15-20)39-4)34(2)33-32-25)22-8-6-7-19-17-35(12-11-21(19)22)30(37)18-9-10-26(38-3)24(31)13-18/h6-10,13-15,23H,5,11-12,16-17H2,1-4H3. The fraction of sp³-hybridized carbons (Fsp3) is 0.333. The highest BCUT2D eigenvalue weighted by Gasteiger charge is 2.29. The van der Waals surface area contributed by atoms with E-state index in [1.807, 2.05) is 36.2 Å². The Morgan fingerprint density at radius 1 is 1.07 bits per heavy atom. The number of rotatable bonds is 8. The van der Waals surface area contributed by atoms with Crippen LogP contribution in [-0.4, -0.2) is 59.1 Å². The summed E-state index contributed by atoms with van der Waals surface area (Å²) >= 11 is 6.28. The molecule has 1 amide bonds. The highest BCUT2D eigenvalue weighted by atomic mass is 35.5. The van der Waals surface area contributed by atoms with E-state index < -0.39 is 0 Å². The molecule has 4 aromatic rings. The van der Waals surface area contributed by atoms with Gasteiger partial charge in [0.25, 0.3) is 5.91 Å². The third kappa shape index (κ3) is 5.21. The van der Waals surface area contributed by atoms with Gasteiger partial charge in [0.2, 0.25) is 0 Å². The Morgan fingerprint density at radius 3 is 2.60 bits per heavy atom.